The van der Waals surface area contributed by atoms with E-state index >= 15 is 0 Å². The fourth-order valence-corrected chi connectivity index (χ4v) is 2.43. The predicted octanol–water partition coefficient (Wildman–Crippen LogP) is 1.84. The largest absolute Gasteiger partial charge is 0.395 e. The molecule has 0 aliphatic heterocycles. The first-order chi connectivity index (χ1) is 9.11. The van der Waals surface area contributed by atoms with Crippen molar-refractivity contribution in [1.29, 1.82) is 0 Å². The van der Waals surface area contributed by atoms with Crippen molar-refractivity contribution in [3.05, 3.63) is 35.1 Å². The summed E-state index contributed by atoms with van der Waals surface area (Å²) < 4.78 is 13.3. The molecule has 2 amide bonds. The van der Waals surface area contributed by atoms with E-state index in [1.807, 2.05) is 0 Å². The lowest BCUT2D eigenvalue weighted by molar-refractivity contribution is 0.186. The molecule has 4 nitrogen and oxygen atoms in total. The van der Waals surface area contributed by atoms with Crippen molar-refractivity contribution < 1.29 is 14.3 Å². The van der Waals surface area contributed by atoms with Crippen LogP contribution in [0.3, 0.4) is 0 Å². The Bertz CT molecular complexity index is 465. The summed E-state index contributed by atoms with van der Waals surface area (Å²) >= 11 is 0. The van der Waals surface area contributed by atoms with E-state index in [0.717, 1.165) is 30.4 Å². The van der Waals surface area contributed by atoms with Gasteiger partial charge in [0, 0.05) is 13.6 Å². The normalized spacial score (nSPS) is 17.7. The van der Waals surface area contributed by atoms with E-state index in [1.54, 1.807) is 13.1 Å². The van der Waals surface area contributed by atoms with Gasteiger partial charge in [-0.25, -0.2) is 9.18 Å². The Morgan fingerprint density at radius 2 is 2.37 bits per heavy atom. The smallest absolute Gasteiger partial charge is 0.317 e. The summed E-state index contributed by atoms with van der Waals surface area (Å²) in [7, 11) is 1.63. The molecule has 1 aliphatic carbocycles. The van der Waals surface area contributed by atoms with Gasteiger partial charge < -0.3 is 15.3 Å². The number of amides is 2. The molecule has 5 heteroatoms. The molecule has 0 spiro atoms. The van der Waals surface area contributed by atoms with Crippen molar-refractivity contribution in [2.24, 2.45) is 0 Å². The number of urea groups is 1. The number of carbonyl (C=O) groups is 1. The second kappa shape index (κ2) is 6.02. The van der Waals surface area contributed by atoms with Gasteiger partial charge in [0.25, 0.3) is 0 Å². The number of aliphatic hydroxyl groups excluding tert-OH is 1. The summed E-state index contributed by atoms with van der Waals surface area (Å²) in [6, 6.07) is 4.37. The number of likely N-dealkylation sites (N-methyl/N-ethyl adjacent to an activating group) is 1. The number of fused-ring (bicyclic) bond motifs is 1. The van der Waals surface area contributed by atoms with E-state index in [4.69, 9.17) is 5.11 Å². The average Bonchev–Trinajstić information content (AvgIpc) is 2.39. The van der Waals surface area contributed by atoms with Gasteiger partial charge in [0.1, 0.15) is 5.82 Å². The SMILES string of the molecule is CN(CCO)C(=O)NC1CCCc2ccc(F)cc21. The number of carbonyl (C=O) groups excluding carboxylic acids is 1. The fourth-order valence-electron chi connectivity index (χ4n) is 2.43. The Hall–Kier alpha value is -1.62. The minimum Gasteiger partial charge on any atom is -0.395 e. The number of aryl methyl sites for hydroxylation is 1. The predicted molar refractivity (Wildman–Crippen MR) is 70.3 cm³/mol. The van der Waals surface area contributed by atoms with E-state index in [1.165, 1.54) is 17.0 Å². The van der Waals surface area contributed by atoms with Crippen molar-refractivity contribution >= 4 is 6.03 Å². The van der Waals surface area contributed by atoms with Crippen molar-refractivity contribution in [3.63, 3.8) is 0 Å². The maximum absolute atomic E-state index is 13.3. The second-order valence-corrected chi connectivity index (χ2v) is 4.88. The van der Waals surface area contributed by atoms with Crippen LogP contribution in [0.5, 0.6) is 0 Å². The molecule has 0 radical (unpaired) electrons. The highest BCUT2D eigenvalue weighted by Crippen LogP contribution is 2.30. The van der Waals surface area contributed by atoms with Crippen LogP contribution in [0.1, 0.15) is 30.0 Å². The lowest BCUT2D eigenvalue weighted by Crippen LogP contribution is -2.41. The molecule has 104 valence electrons. The van der Waals surface area contributed by atoms with Crippen molar-refractivity contribution in [3.8, 4) is 0 Å². The van der Waals surface area contributed by atoms with Crippen molar-refractivity contribution in [1.82, 2.24) is 10.2 Å². The Morgan fingerprint density at radius 3 is 3.11 bits per heavy atom. The van der Waals surface area contributed by atoms with Crippen LogP contribution in [0, 0.1) is 5.82 Å². The molecule has 0 aromatic heterocycles. The fraction of sp³-hybridized carbons (Fsp3) is 0.500. The lowest BCUT2D eigenvalue weighted by atomic mass is 9.87. The first-order valence-electron chi connectivity index (χ1n) is 6.52. The van der Waals surface area contributed by atoms with Gasteiger partial charge >= 0.3 is 6.03 Å². The highest BCUT2D eigenvalue weighted by Gasteiger charge is 2.23. The molecule has 0 saturated heterocycles. The Balaban J connectivity index is 2.11. The van der Waals surface area contributed by atoms with Crippen LogP contribution < -0.4 is 5.32 Å². The highest BCUT2D eigenvalue weighted by atomic mass is 19.1. The van der Waals surface area contributed by atoms with Crippen LogP contribution in [0.25, 0.3) is 0 Å². The van der Waals surface area contributed by atoms with Crippen LogP contribution in [0.2, 0.25) is 0 Å². The molecule has 1 unspecified atom stereocenters. The minimum absolute atomic E-state index is 0.0696. The number of nitrogens with zero attached hydrogens (tertiary/aromatic N) is 1. The number of aliphatic hydroxyl groups is 1. The van der Waals surface area contributed by atoms with Gasteiger partial charge in [-0.15, -0.1) is 0 Å². The summed E-state index contributed by atoms with van der Waals surface area (Å²) in [4.78, 5) is 13.3. The van der Waals surface area contributed by atoms with E-state index in [-0.39, 0.29) is 31.0 Å². The molecule has 1 atom stereocenters. The summed E-state index contributed by atoms with van der Waals surface area (Å²) in [5.74, 6) is -0.274. The Kier molecular flexibility index (Phi) is 4.37. The lowest BCUT2D eigenvalue weighted by Gasteiger charge is -2.28. The number of rotatable bonds is 3. The van der Waals surface area contributed by atoms with Crippen LogP contribution in [0.15, 0.2) is 18.2 Å². The van der Waals surface area contributed by atoms with Gasteiger partial charge in [0.15, 0.2) is 0 Å². The molecule has 0 bridgehead atoms. The monoisotopic (exact) mass is 266 g/mol. The summed E-state index contributed by atoms with van der Waals surface area (Å²) in [6.45, 7) is 0.217. The van der Waals surface area contributed by atoms with E-state index in [2.05, 4.69) is 5.32 Å². The molecule has 1 aliphatic rings. The maximum Gasteiger partial charge on any atom is 0.317 e. The molecule has 19 heavy (non-hydrogen) atoms. The molecule has 0 fully saturated rings. The van der Waals surface area contributed by atoms with Gasteiger partial charge in [0.05, 0.1) is 12.6 Å². The molecule has 0 heterocycles. The third-order valence-corrected chi connectivity index (χ3v) is 3.50. The van der Waals surface area contributed by atoms with E-state index in [0.29, 0.717) is 0 Å². The number of halogens is 1. The zero-order valence-electron chi connectivity index (χ0n) is 11.0. The highest BCUT2D eigenvalue weighted by molar-refractivity contribution is 5.74. The van der Waals surface area contributed by atoms with Crippen LogP contribution >= 0.6 is 0 Å². The third kappa shape index (κ3) is 3.23. The van der Waals surface area contributed by atoms with Crippen LogP contribution in [0.4, 0.5) is 9.18 Å². The van der Waals surface area contributed by atoms with Crippen molar-refractivity contribution in [2.75, 3.05) is 20.2 Å². The van der Waals surface area contributed by atoms with Gasteiger partial charge in [0.2, 0.25) is 0 Å². The van der Waals surface area contributed by atoms with Gasteiger partial charge in [-0.05, 0) is 42.5 Å². The van der Waals surface area contributed by atoms with Gasteiger partial charge in [-0.1, -0.05) is 6.07 Å². The molecular formula is C14H19FN2O2. The standard InChI is InChI=1S/C14H19FN2O2/c1-17(7-8-18)14(19)16-13-4-2-3-10-5-6-11(15)9-12(10)13/h5-6,9,13,18H,2-4,7-8H2,1H3,(H,16,19). The molecule has 1 aromatic rings. The number of benzene rings is 1. The quantitative estimate of drug-likeness (QED) is 0.877. The molecule has 2 N–H and O–H groups in total. The van der Waals surface area contributed by atoms with Crippen LogP contribution in [-0.4, -0.2) is 36.2 Å². The number of hydrogen-bond donors (Lipinski definition) is 2. The van der Waals surface area contributed by atoms with Gasteiger partial charge in [-0.3, -0.25) is 0 Å². The van der Waals surface area contributed by atoms with Gasteiger partial charge in [-0.2, -0.15) is 0 Å². The minimum atomic E-state index is -0.274. The zero-order valence-corrected chi connectivity index (χ0v) is 11.0. The number of hydrogen-bond acceptors (Lipinski definition) is 2. The van der Waals surface area contributed by atoms with E-state index in [9.17, 15) is 9.18 Å². The first kappa shape index (κ1) is 13.8. The zero-order chi connectivity index (χ0) is 13.8. The molecule has 0 saturated carbocycles. The summed E-state index contributed by atoms with van der Waals surface area (Å²) in [5, 5.41) is 11.7. The van der Waals surface area contributed by atoms with E-state index < -0.39 is 0 Å². The van der Waals surface area contributed by atoms with Crippen LogP contribution in [-0.2, 0) is 6.42 Å². The first-order valence-corrected chi connectivity index (χ1v) is 6.52. The van der Waals surface area contributed by atoms with Crippen molar-refractivity contribution in [2.45, 2.75) is 25.3 Å². The molecular weight excluding hydrogens is 247 g/mol. The number of nitrogens with one attached hydrogen (secondary N) is 1. The molecule has 2 rings (SSSR count). The maximum atomic E-state index is 13.3. The second-order valence-electron chi connectivity index (χ2n) is 4.88. The Morgan fingerprint density at radius 1 is 1.58 bits per heavy atom. The topological polar surface area (TPSA) is 52.6 Å². The summed E-state index contributed by atoms with van der Waals surface area (Å²) in [6.07, 6.45) is 2.72. The summed E-state index contributed by atoms with van der Waals surface area (Å²) in [5.41, 5.74) is 1.97. The third-order valence-electron chi connectivity index (χ3n) is 3.50. The average molecular weight is 266 g/mol. The molecule has 1 aromatic carbocycles. The Labute approximate surface area is 112 Å².